The van der Waals surface area contributed by atoms with Gasteiger partial charge in [0.1, 0.15) is 0 Å². The molecule has 14 nitrogen and oxygen atoms in total. The number of imide groups is 2. The largest absolute Gasteiger partial charge is 0.378 e. The molecule has 5 amide bonds. The number of rotatable bonds is 19. The van der Waals surface area contributed by atoms with Crippen LogP contribution in [-0.2, 0) is 52.6 Å². The zero-order valence-corrected chi connectivity index (χ0v) is 20.2. The molecule has 2 aliphatic heterocycles. The molecule has 0 aromatic heterocycles. The predicted molar refractivity (Wildman–Crippen MR) is 119 cm³/mol. The van der Waals surface area contributed by atoms with Gasteiger partial charge in [0.15, 0.2) is 0 Å². The van der Waals surface area contributed by atoms with Gasteiger partial charge in [-0.1, -0.05) is 0 Å². The summed E-state index contributed by atoms with van der Waals surface area (Å²) in [6, 6.07) is 0. The van der Waals surface area contributed by atoms with Gasteiger partial charge in [-0.3, -0.25) is 28.9 Å². The maximum Gasteiger partial charge on any atom is 0.335 e. The molecule has 0 aromatic rings. The zero-order valence-electron chi connectivity index (χ0n) is 20.2. The first-order chi connectivity index (χ1) is 17.4. The van der Waals surface area contributed by atoms with E-state index in [9.17, 15) is 28.8 Å². The summed E-state index contributed by atoms with van der Waals surface area (Å²) >= 11 is 0. The molecule has 0 atom stereocenters. The first-order valence-electron chi connectivity index (χ1n) is 11.9. The summed E-state index contributed by atoms with van der Waals surface area (Å²) in [5.41, 5.74) is 0. The number of hydrogen-bond acceptors (Lipinski definition) is 11. The van der Waals surface area contributed by atoms with Crippen LogP contribution in [0.5, 0.6) is 0 Å². The van der Waals surface area contributed by atoms with Crippen molar-refractivity contribution in [2.75, 3.05) is 65.9 Å². The summed E-state index contributed by atoms with van der Waals surface area (Å²) in [7, 11) is 0. The molecule has 2 saturated heterocycles. The summed E-state index contributed by atoms with van der Waals surface area (Å²) in [6.45, 7) is 2.78. The molecule has 0 spiro atoms. The molecule has 0 aliphatic carbocycles. The number of likely N-dealkylation sites (tertiary alicyclic amines) is 1. The van der Waals surface area contributed by atoms with E-state index >= 15 is 0 Å². The van der Waals surface area contributed by atoms with E-state index in [0.717, 1.165) is 4.90 Å². The van der Waals surface area contributed by atoms with Crippen LogP contribution in [0.2, 0.25) is 0 Å². The van der Waals surface area contributed by atoms with Crippen molar-refractivity contribution in [2.45, 2.75) is 38.5 Å². The molecule has 0 saturated carbocycles. The fourth-order valence-electron chi connectivity index (χ4n) is 3.16. The fraction of sp³-hybridized carbons (Fsp3) is 0.727. The zero-order chi connectivity index (χ0) is 26.2. The van der Waals surface area contributed by atoms with Gasteiger partial charge in [0.25, 0.3) is 11.8 Å². The summed E-state index contributed by atoms with van der Waals surface area (Å²) in [5, 5.41) is 3.16. The summed E-state index contributed by atoms with van der Waals surface area (Å²) in [6.07, 6.45) is 0.504. The highest BCUT2D eigenvalue weighted by Crippen LogP contribution is 2.13. The number of ether oxygens (including phenoxy) is 4. The number of hydroxylamine groups is 2. The van der Waals surface area contributed by atoms with Gasteiger partial charge in [0.2, 0.25) is 17.7 Å². The molecule has 0 radical (unpaired) electrons. The molecule has 36 heavy (non-hydrogen) atoms. The Morgan fingerprint density at radius 3 is 1.67 bits per heavy atom. The summed E-state index contributed by atoms with van der Waals surface area (Å²) in [4.78, 5) is 74.8. The predicted octanol–water partition coefficient (Wildman–Crippen LogP) is -1.29. The van der Waals surface area contributed by atoms with Crippen molar-refractivity contribution < 1.29 is 52.6 Å². The van der Waals surface area contributed by atoms with Crippen LogP contribution in [0.3, 0.4) is 0 Å². The molecule has 0 bridgehead atoms. The number of nitrogens with one attached hydrogen (secondary N) is 1. The van der Waals surface area contributed by atoms with Gasteiger partial charge in [-0.25, -0.2) is 4.79 Å². The van der Waals surface area contributed by atoms with E-state index in [-0.39, 0.29) is 76.0 Å². The Labute approximate surface area is 208 Å². The van der Waals surface area contributed by atoms with Crippen LogP contribution in [0.25, 0.3) is 0 Å². The standard InChI is InChI=1S/C22H33N3O11/c26-17(5-8-24-18(27)1-2-19(24)28)23-7-10-33-12-14-35-16-15-34-13-11-32-9-6-22(31)36-25-20(29)3-4-21(25)30/h1-16H2,(H,23,26). The van der Waals surface area contributed by atoms with Crippen molar-refractivity contribution in [3.63, 3.8) is 0 Å². The topological polar surface area (TPSA) is 167 Å². The lowest BCUT2D eigenvalue weighted by Crippen LogP contribution is -2.35. The quantitative estimate of drug-likeness (QED) is 0.160. The number of amides is 5. The van der Waals surface area contributed by atoms with Crippen molar-refractivity contribution in [2.24, 2.45) is 0 Å². The molecule has 2 rings (SSSR count). The Kier molecular flexibility index (Phi) is 13.6. The molecule has 0 unspecified atom stereocenters. The highest BCUT2D eigenvalue weighted by atomic mass is 16.7. The van der Waals surface area contributed by atoms with Crippen molar-refractivity contribution in [1.82, 2.24) is 15.3 Å². The van der Waals surface area contributed by atoms with Gasteiger partial charge in [-0.05, 0) is 0 Å². The third-order valence-corrected chi connectivity index (χ3v) is 5.05. The smallest absolute Gasteiger partial charge is 0.335 e. The first kappa shape index (κ1) is 29.3. The van der Waals surface area contributed by atoms with Crippen LogP contribution in [0, 0.1) is 0 Å². The van der Waals surface area contributed by atoms with E-state index in [1.807, 2.05) is 0 Å². The Balaban J connectivity index is 1.29. The molecule has 2 aliphatic rings. The van der Waals surface area contributed by atoms with Crippen LogP contribution in [0.1, 0.15) is 38.5 Å². The van der Waals surface area contributed by atoms with Crippen LogP contribution < -0.4 is 5.32 Å². The minimum atomic E-state index is -0.717. The first-order valence-corrected chi connectivity index (χ1v) is 11.9. The number of carbonyl (C=O) groups excluding carboxylic acids is 6. The third kappa shape index (κ3) is 11.2. The lowest BCUT2D eigenvalue weighted by atomic mass is 10.3. The third-order valence-electron chi connectivity index (χ3n) is 5.05. The Morgan fingerprint density at radius 2 is 1.11 bits per heavy atom. The Morgan fingerprint density at radius 1 is 0.639 bits per heavy atom. The van der Waals surface area contributed by atoms with E-state index in [2.05, 4.69) is 5.32 Å². The van der Waals surface area contributed by atoms with E-state index in [4.69, 9.17) is 23.8 Å². The molecular formula is C22H33N3O11. The second-order valence-corrected chi connectivity index (χ2v) is 7.78. The Bertz CT molecular complexity index is 757. The number of nitrogens with zero attached hydrogens (tertiary/aromatic N) is 2. The van der Waals surface area contributed by atoms with E-state index in [1.165, 1.54) is 0 Å². The second-order valence-electron chi connectivity index (χ2n) is 7.78. The average Bonchev–Trinajstić information content (AvgIpc) is 3.34. The van der Waals surface area contributed by atoms with E-state index in [0.29, 0.717) is 51.2 Å². The van der Waals surface area contributed by atoms with Crippen molar-refractivity contribution in [3.8, 4) is 0 Å². The molecule has 0 aromatic carbocycles. The molecule has 14 heteroatoms. The maximum absolute atomic E-state index is 11.7. The minimum Gasteiger partial charge on any atom is -0.378 e. The minimum absolute atomic E-state index is 0.0481. The molecule has 202 valence electrons. The van der Waals surface area contributed by atoms with Gasteiger partial charge in [0, 0.05) is 45.2 Å². The highest BCUT2D eigenvalue weighted by Gasteiger charge is 2.32. The SMILES string of the molecule is O=C(CCN1C(=O)CCC1=O)NCCOCCOCCOCCOCCC(=O)ON1C(=O)CCC1=O. The monoisotopic (exact) mass is 515 g/mol. The van der Waals surface area contributed by atoms with Gasteiger partial charge < -0.3 is 29.1 Å². The van der Waals surface area contributed by atoms with Gasteiger partial charge in [-0.15, -0.1) is 5.06 Å². The van der Waals surface area contributed by atoms with Crippen molar-refractivity contribution in [1.29, 1.82) is 0 Å². The van der Waals surface area contributed by atoms with Crippen LogP contribution in [0.4, 0.5) is 0 Å². The normalized spacial score (nSPS) is 15.8. The molecule has 2 heterocycles. The van der Waals surface area contributed by atoms with E-state index < -0.39 is 17.8 Å². The number of carbonyl (C=O) groups is 6. The van der Waals surface area contributed by atoms with Crippen molar-refractivity contribution >= 4 is 35.5 Å². The van der Waals surface area contributed by atoms with Crippen LogP contribution in [-0.4, -0.2) is 111 Å². The lowest BCUT2D eigenvalue weighted by molar-refractivity contribution is -0.198. The molecule has 2 fully saturated rings. The lowest BCUT2D eigenvalue weighted by Gasteiger charge is -2.13. The van der Waals surface area contributed by atoms with Gasteiger partial charge in [0.05, 0.1) is 59.3 Å². The maximum atomic E-state index is 11.7. The summed E-state index contributed by atoms with van der Waals surface area (Å²) in [5.74, 6) is -2.48. The van der Waals surface area contributed by atoms with Gasteiger partial charge in [-0.2, -0.15) is 0 Å². The highest BCUT2D eigenvalue weighted by molar-refractivity contribution is 6.02. The van der Waals surface area contributed by atoms with Crippen molar-refractivity contribution in [3.05, 3.63) is 0 Å². The molecular weight excluding hydrogens is 482 g/mol. The van der Waals surface area contributed by atoms with Gasteiger partial charge >= 0.3 is 5.97 Å². The molecule has 1 N–H and O–H groups in total. The Hall–Kier alpha value is -2.94. The summed E-state index contributed by atoms with van der Waals surface area (Å²) < 4.78 is 21.3. The number of hydrogen-bond donors (Lipinski definition) is 1. The average molecular weight is 516 g/mol. The van der Waals surface area contributed by atoms with Crippen LogP contribution in [0.15, 0.2) is 0 Å². The second kappa shape index (κ2) is 16.7. The van der Waals surface area contributed by atoms with E-state index in [1.54, 1.807) is 0 Å². The fourth-order valence-corrected chi connectivity index (χ4v) is 3.16. The van der Waals surface area contributed by atoms with Crippen LogP contribution >= 0.6 is 0 Å².